The molecule has 0 saturated carbocycles. The topological polar surface area (TPSA) is 66.8 Å². The number of imidazole rings is 1. The summed E-state index contributed by atoms with van der Waals surface area (Å²) in [5.74, 6) is 2.52. The van der Waals surface area contributed by atoms with E-state index in [-0.39, 0.29) is 11.6 Å². The zero-order valence-corrected chi connectivity index (χ0v) is 14.1. The van der Waals surface area contributed by atoms with E-state index >= 15 is 0 Å². The van der Waals surface area contributed by atoms with Gasteiger partial charge in [-0.2, -0.15) is 0 Å². The molecule has 0 radical (unpaired) electrons. The number of piperidine rings is 1. The second-order valence-electron chi connectivity index (χ2n) is 6.61. The number of nitrogens with zero attached hydrogens (tertiary/aromatic N) is 4. The molecule has 0 spiro atoms. The van der Waals surface area contributed by atoms with E-state index in [1.54, 1.807) is 0 Å². The van der Waals surface area contributed by atoms with Crippen LogP contribution in [0.25, 0.3) is 0 Å². The number of rotatable bonds is 4. The fourth-order valence-electron chi connectivity index (χ4n) is 3.44. The molecule has 1 aliphatic rings. The largest absolute Gasteiger partial charge is 0.338 e. The summed E-state index contributed by atoms with van der Waals surface area (Å²) in [4.78, 5) is 26.0. The van der Waals surface area contributed by atoms with E-state index in [1.165, 1.54) is 18.9 Å². The van der Waals surface area contributed by atoms with Crippen LogP contribution in [0.5, 0.6) is 0 Å². The SMILES string of the molecule is Cc1cc(=O)[nH]c([C@H](C)N2CCC[C@H](Cc3nccn3C)C2)n1. The van der Waals surface area contributed by atoms with Gasteiger partial charge in [-0.25, -0.2) is 9.97 Å². The van der Waals surface area contributed by atoms with Gasteiger partial charge in [-0.05, 0) is 39.2 Å². The predicted molar refractivity (Wildman–Crippen MR) is 89.2 cm³/mol. The molecule has 1 fully saturated rings. The molecule has 0 aliphatic carbocycles. The maximum atomic E-state index is 11.7. The van der Waals surface area contributed by atoms with Crippen molar-refractivity contribution in [2.24, 2.45) is 13.0 Å². The van der Waals surface area contributed by atoms with Gasteiger partial charge < -0.3 is 9.55 Å². The van der Waals surface area contributed by atoms with Gasteiger partial charge >= 0.3 is 0 Å². The summed E-state index contributed by atoms with van der Waals surface area (Å²) in [6.07, 6.45) is 7.27. The van der Waals surface area contributed by atoms with Gasteiger partial charge in [-0.15, -0.1) is 0 Å². The molecule has 0 bridgehead atoms. The standard InChI is InChI=1S/C17H25N5O/c1-12-9-16(23)20-17(19-12)13(2)22-7-4-5-14(11-22)10-15-18-6-8-21(15)3/h6,8-9,13-14H,4-5,7,10-11H2,1-3H3,(H,19,20,23)/t13-,14+/m0/s1. The van der Waals surface area contributed by atoms with Crippen LogP contribution in [0.4, 0.5) is 0 Å². The molecule has 1 aliphatic heterocycles. The van der Waals surface area contributed by atoms with Gasteiger partial charge in [-0.3, -0.25) is 9.69 Å². The lowest BCUT2D eigenvalue weighted by Crippen LogP contribution is -2.39. The molecule has 23 heavy (non-hydrogen) atoms. The van der Waals surface area contributed by atoms with E-state index in [9.17, 15) is 4.79 Å². The Hall–Kier alpha value is -1.95. The van der Waals surface area contributed by atoms with Crippen molar-refractivity contribution in [1.29, 1.82) is 0 Å². The highest BCUT2D eigenvalue weighted by molar-refractivity contribution is 5.04. The van der Waals surface area contributed by atoms with Crippen molar-refractivity contribution in [3.63, 3.8) is 0 Å². The Morgan fingerprint density at radius 3 is 3.00 bits per heavy atom. The van der Waals surface area contributed by atoms with Gasteiger partial charge in [-0.1, -0.05) is 0 Å². The maximum absolute atomic E-state index is 11.7. The lowest BCUT2D eigenvalue weighted by molar-refractivity contribution is 0.125. The number of nitrogens with one attached hydrogen (secondary N) is 1. The van der Waals surface area contributed by atoms with Gasteiger partial charge in [0.15, 0.2) is 0 Å². The minimum atomic E-state index is -0.0686. The first kappa shape index (κ1) is 15.9. The Morgan fingerprint density at radius 2 is 2.30 bits per heavy atom. The second-order valence-corrected chi connectivity index (χ2v) is 6.61. The van der Waals surface area contributed by atoms with Crippen LogP contribution in [-0.4, -0.2) is 37.5 Å². The quantitative estimate of drug-likeness (QED) is 0.935. The van der Waals surface area contributed by atoms with Crippen molar-refractivity contribution in [1.82, 2.24) is 24.4 Å². The van der Waals surface area contributed by atoms with Crippen LogP contribution >= 0.6 is 0 Å². The maximum Gasteiger partial charge on any atom is 0.251 e. The van der Waals surface area contributed by atoms with Crippen LogP contribution in [0, 0.1) is 12.8 Å². The summed E-state index contributed by atoms with van der Waals surface area (Å²) in [7, 11) is 2.05. The highest BCUT2D eigenvalue weighted by atomic mass is 16.1. The Bertz CT molecular complexity index is 720. The van der Waals surface area contributed by atoms with Crippen molar-refractivity contribution in [3.05, 3.63) is 46.2 Å². The van der Waals surface area contributed by atoms with E-state index in [0.717, 1.165) is 36.9 Å². The van der Waals surface area contributed by atoms with E-state index in [0.29, 0.717) is 5.92 Å². The molecule has 0 unspecified atom stereocenters. The summed E-state index contributed by atoms with van der Waals surface area (Å²) in [6, 6.07) is 1.67. The number of hydrogen-bond acceptors (Lipinski definition) is 4. The Morgan fingerprint density at radius 1 is 1.48 bits per heavy atom. The Labute approximate surface area is 136 Å². The minimum Gasteiger partial charge on any atom is -0.338 e. The first-order chi connectivity index (χ1) is 11.0. The van der Waals surface area contributed by atoms with Crippen LogP contribution in [-0.2, 0) is 13.5 Å². The van der Waals surface area contributed by atoms with Gasteiger partial charge in [0, 0.05) is 44.2 Å². The summed E-state index contributed by atoms with van der Waals surface area (Å²) in [5, 5.41) is 0. The number of aryl methyl sites for hydroxylation is 2. The molecule has 0 amide bonds. The van der Waals surface area contributed by atoms with Crippen molar-refractivity contribution in [2.75, 3.05) is 13.1 Å². The Kier molecular flexibility index (Phi) is 4.61. The van der Waals surface area contributed by atoms with E-state index in [2.05, 4.69) is 31.3 Å². The van der Waals surface area contributed by atoms with Gasteiger partial charge in [0.05, 0.1) is 6.04 Å². The minimum absolute atomic E-state index is 0.0686. The molecule has 2 aromatic heterocycles. The lowest BCUT2D eigenvalue weighted by Gasteiger charge is -2.36. The third-order valence-electron chi connectivity index (χ3n) is 4.77. The molecule has 0 aromatic carbocycles. The lowest BCUT2D eigenvalue weighted by atomic mass is 9.93. The van der Waals surface area contributed by atoms with Crippen molar-refractivity contribution >= 4 is 0 Å². The molecular weight excluding hydrogens is 290 g/mol. The van der Waals surface area contributed by atoms with Crippen molar-refractivity contribution in [3.8, 4) is 0 Å². The van der Waals surface area contributed by atoms with E-state index in [1.807, 2.05) is 26.4 Å². The summed E-state index contributed by atoms with van der Waals surface area (Å²) < 4.78 is 2.10. The average molecular weight is 315 g/mol. The molecule has 1 saturated heterocycles. The monoisotopic (exact) mass is 315 g/mol. The van der Waals surface area contributed by atoms with Crippen LogP contribution in [0.3, 0.4) is 0 Å². The first-order valence-electron chi connectivity index (χ1n) is 8.31. The number of aromatic amines is 1. The molecule has 2 aromatic rings. The molecule has 3 heterocycles. The average Bonchev–Trinajstić information content (AvgIpc) is 2.91. The fraction of sp³-hybridized carbons (Fsp3) is 0.588. The summed E-state index contributed by atoms with van der Waals surface area (Å²) in [5.41, 5.74) is 0.707. The van der Waals surface area contributed by atoms with Crippen molar-refractivity contribution in [2.45, 2.75) is 39.2 Å². The fourth-order valence-corrected chi connectivity index (χ4v) is 3.44. The third kappa shape index (κ3) is 3.69. The van der Waals surface area contributed by atoms with Crippen LogP contribution in [0.1, 0.15) is 43.1 Å². The molecule has 1 N–H and O–H groups in total. The van der Waals surface area contributed by atoms with Crippen LogP contribution in [0.15, 0.2) is 23.3 Å². The highest BCUT2D eigenvalue weighted by Crippen LogP contribution is 2.26. The smallest absolute Gasteiger partial charge is 0.251 e. The summed E-state index contributed by atoms with van der Waals surface area (Å²) in [6.45, 7) is 6.06. The highest BCUT2D eigenvalue weighted by Gasteiger charge is 2.26. The number of aromatic nitrogens is 4. The van der Waals surface area contributed by atoms with Gasteiger partial charge in [0.2, 0.25) is 0 Å². The van der Waals surface area contributed by atoms with Crippen molar-refractivity contribution < 1.29 is 0 Å². The number of likely N-dealkylation sites (tertiary alicyclic amines) is 1. The van der Waals surface area contributed by atoms with Gasteiger partial charge in [0.25, 0.3) is 5.56 Å². The first-order valence-corrected chi connectivity index (χ1v) is 8.31. The number of hydrogen-bond donors (Lipinski definition) is 1. The molecule has 2 atom stereocenters. The molecule has 6 nitrogen and oxygen atoms in total. The van der Waals surface area contributed by atoms with E-state index in [4.69, 9.17) is 0 Å². The second kappa shape index (κ2) is 6.66. The molecule has 3 rings (SSSR count). The normalized spacial score (nSPS) is 20.6. The van der Waals surface area contributed by atoms with Crippen LogP contribution in [0.2, 0.25) is 0 Å². The molecule has 124 valence electrons. The zero-order valence-electron chi connectivity index (χ0n) is 14.1. The van der Waals surface area contributed by atoms with Gasteiger partial charge in [0.1, 0.15) is 11.6 Å². The Balaban J connectivity index is 1.70. The number of H-pyrrole nitrogens is 1. The molecular formula is C17H25N5O. The zero-order chi connectivity index (χ0) is 16.4. The van der Waals surface area contributed by atoms with E-state index < -0.39 is 0 Å². The predicted octanol–water partition coefficient (Wildman–Crippen LogP) is 1.83. The summed E-state index contributed by atoms with van der Waals surface area (Å²) >= 11 is 0. The van der Waals surface area contributed by atoms with Crippen LogP contribution < -0.4 is 5.56 Å². The molecule has 6 heteroatoms. The third-order valence-corrected chi connectivity index (χ3v) is 4.77.